The van der Waals surface area contributed by atoms with Crippen LogP contribution in [0.4, 0.5) is 0 Å². The molecule has 0 bridgehead atoms. The van der Waals surface area contributed by atoms with Crippen molar-refractivity contribution in [2.75, 3.05) is 25.9 Å². The molecule has 0 aromatic carbocycles. The molecular formula is C19H28N6S. The molecule has 1 aliphatic heterocycles. The van der Waals surface area contributed by atoms with Crippen molar-refractivity contribution in [1.29, 1.82) is 0 Å². The summed E-state index contributed by atoms with van der Waals surface area (Å²) in [7, 11) is 1.86. The lowest BCUT2D eigenvalue weighted by atomic mass is 10.1. The van der Waals surface area contributed by atoms with Crippen LogP contribution in [-0.4, -0.2) is 56.5 Å². The van der Waals surface area contributed by atoms with Crippen molar-refractivity contribution in [3.63, 3.8) is 0 Å². The highest BCUT2D eigenvalue weighted by atomic mass is 32.2. The van der Waals surface area contributed by atoms with Crippen LogP contribution in [0.15, 0.2) is 35.7 Å². The van der Waals surface area contributed by atoms with E-state index >= 15 is 0 Å². The smallest absolute Gasteiger partial charge is 0.193 e. The third-order valence-electron chi connectivity index (χ3n) is 4.71. The summed E-state index contributed by atoms with van der Waals surface area (Å²) < 4.78 is 2.02. The Morgan fingerprint density at radius 3 is 2.92 bits per heavy atom. The second-order valence-electron chi connectivity index (χ2n) is 6.83. The van der Waals surface area contributed by atoms with E-state index in [1.54, 1.807) is 6.20 Å². The van der Waals surface area contributed by atoms with Crippen LogP contribution in [0.25, 0.3) is 5.82 Å². The maximum Gasteiger partial charge on any atom is 0.193 e. The topological polar surface area (TPSA) is 58.3 Å². The highest BCUT2D eigenvalue weighted by Gasteiger charge is 2.25. The molecule has 0 amide bonds. The van der Waals surface area contributed by atoms with Crippen LogP contribution in [0.5, 0.6) is 0 Å². The highest BCUT2D eigenvalue weighted by molar-refractivity contribution is 8.00. The zero-order chi connectivity index (χ0) is 18.5. The Balaban J connectivity index is 1.71. The van der Waals surface area contributed by atoms with Gasteiger partial charge in [0.15, 0.2) is 5.96 Å². The first-order valence-corrected chi connectivity index (χ1v) is 10.2. The molecule has 1 saturated heterocycles. The minimum atomic E-state index is 0.657. The molecule has 0 aliphatic carbocycles. The van der Waals surface area contributed by atoms with Crippen LogP contribution in [0, 0.1) is 12.8 Å². The van der Waals surface area contributed by atoms with Crippen molar-refractivity contribution in [1.82, 2.24) is 24.8 Å². The fraction of sp³-hybridized carbons (Fsp3) is 0.526. The maximum absolute atomic E-state index is 4.56. The van der Waals surface area contributed by atoms with Gasteiger partial charge in [0.2, 0.25) is 0 Å². The van der Waals surface area contributed by atoms with Gasteiger partial charge in [-0.1, -0.05) is 19.9 Å². The van der Waals surface area contributed by atoms with Crippen LogP contribution < -0.4 is 5.32 Å². The van der Waals surface area contributed by atoms with Crippen molar-refractivity contribution in [3.8, 4) is 5.82 Å². The summed E-state index contributed by atoms with van der Waals surface area (Å²) in [6, 6.07) is 4.08. The van der Waals surface area contributed by atoms with Crippen molar-refractivity contribution < 1.29 is 0 Å². The normalized spacial score (nSPS) is 18.4. The summed E-state index contributed by atoms with van der Waals surface area (Å²) in [4.78, 5) is 15.8. The van der Waals surface area contributed by atoms with Crippen LogP contribution in [0.2, 0.25) is 0 Å². The third-order valence-corrected chi connectivity index (χ3v) is 6.25. The molecular weight excluding hydrogens is 344 g/mol. The number of guanidine groups is 1. The van der Waals surface area contributed by atoms with Gasteiger partial charge >= 0.3 is 0 Å². The molecule has 1 aliphatic rings. The molecule has 1 fully saturated rings. The minimum absolute atomic E-state index is 0.657. The predicted octanol–water partition coefficient (Wildman–Crippen LogP) is 2.72. The number of aryl methyl sites for hydroxylation is 1. The molecule has 1 unspecified atom stereocenters. The molecule has 6 nitrogen and oxygen atoms in total. The fourth-order valence-electron chi connectivity index (χ4n) is 3.16. The number of imidazole rings is 1. The van der Waals surface area contributed by atoms with Crippen LogP contribution in [0.1, 0.15) is 25.2 Å². The lowest BCUT2D eigenvalue weighted by molar-refractivity contribution is 0.380. The summed E-state index contributed by atoms with van der Waals surface area (Å²) in [6.07, 6.45) is 5.57. The monoisotopic (exact) mass is 372 g/mol. The third kappa shape index (κ3) is 4.20. The Hall–Kier alpha value is -2.02. The van der Waals surface area contributed by atoms with Crippen molar-refractivity contribution >= 4 is 17.7 Å². The van der Waals surface area contributed by atoms with E-state index in [0.717, 1.165) is 42.0 Å². The van der Waals surface area contributed by atoms with E-state index in [1.807, 2.05) is 37.0 Å². The van der Waals surface area contributed by atoms with Gasteiger partial charge in [-0.2, -0.15) is 11.8 Å². The molecule has 3 rings (SSSR count). The van der Waals surface area contributed by atoms with Gasteiger partial charge in [-0.15, -0.1) is 0 Å². The number of nitrogens with one attached hydrogen (secondary N) is 1. The summed E-state index contributed by atoms with van der Waals surface area (Å²) in [5, 5.41) is 4.19. The van der Waals surface area contributed by atoms with E-state index < -0.39 is 0 Å². The van der Waals surface area contributed by atoms with E-state index in [0.29, 0.717) is 17.7 Å². The lowest BCUT2D eigenvalue weighted by Crippen LogP contribution is -2.48. The van der Waals surface area contributed by atoms with Gasteiger partial charge in [-0.05, 0) is 18.9 Å². The molecule has 3 heterocycles. The molecule has 0 radical (unpaired) electrons. The van der Waals surface area contributed by atoms with E-state index in [4.69, 9.17) is 0 Å². The number of hydrogen-bond donors (Lipinski definition) is 1. The van der Waals surface area contributed by atoms with E-state index in [-0.39, 0.29) is 0 Å². The molecule has 2 aromatic heterocycles. The first-order valence-electron chi connectivity index (χ1n) is 9.11. The van der Waals surface area contributed by atoms with Crippen LogP contribution in [-0.2, 0) is 6.54 Å². The molecule has 2 aromatic rings. The molecule has 7 heteroatoms. The predicted molar refractivity (Wildman–Crippen MR) is 109 cm³/mol. The fourth-order valence-corrected chi connectivity index (χ4v) is 4.46. The second kappa shape index (κ2) is 8.58. The number of pyridine rings is 1. The number of hydrogen-bond acceptors (Lipinski definition) is 4. The van der Waals surface area contributed by atoms with Crippen molar-refractivity contribution in [2.45, 2.75) is 32.6 Å². The number of aliphatic imine (C=N–C) groups is 1. The van der Waals surface area contributed by atoms with Crippen molar-refractivity contribution in [3.05, 3.63) is 42.1 Å². The largest absolute Gasteiger partial charge is 0.352 e. The second-order valence-corrected chi connectivity index (χ2v) is 8.18. The maximum atomic E-state index is 4.56. The Morgan fingerprint density at radius 1 is 1.38 bits per heavy atom. The zero-order valence-corrected chi connectivity index (χ0v) is 16.8. The molecule has 140 valence electrons. The SMILES string of the molecule is CN=C(NCc1cccnc1-n1ccnc1C)N1CCSC(C(C)C)C1. The molecule has 1 atom stereocenters. The molecule has 0 spiro atoms. The summed E-state index contributed by atoms with van der Waals surface area (Å²) >= 11 is 2.07. The lowest BCUT2D eigenvalue weighted by Gasteiger charge is -2.36. The molecule has 0 saturated carbocycles. The van der Waals surface area contributed by atoms with Gasteiger partial charge in [0.25, 0.3) is 0 Å². The van der Waals surface area contributed by atoms with E-state index in [9.17, 15) is 0 Å². The van der Waals surface area contributed by atoms with Crippen LogP contribution >= 0.6 is 11.8 Å². The van der Waals surface area contributed by atoms with Gasteiger partial charge in [0.1, 0.15) is 11.6 Å². The van der Waals surface area contributed by atoms with Gasteiger partial charge in [0, 0.05) is 61.8 Å². The zero-order valence-electron chi connectivity index (χ0n) is 16.0. The average molecular weight is 373 g/mol. The Labute approximate surface area is 160 Å². The Kier molecular flexibility index (Phi) is 6.19. The van der Waals surface area contributed by atoms with E-state index in [2.05, 4.69) is 56.9 Å². The first-order chi connectivity index (χ1) is 12.6. The molecule has 1 N–H and O–H groups in total. The Bertz CT molecular complexity index is 754. The number of rotatable bonds is 4. The summed E-state index contributed by atoms with van der Waals surface area (Å²) in [5.41, 5.74) is 1.13. The average Bonchev–Trinajstić information content (AvgIpc) is 3.08. The quantitative estimate of drug-likeness (QED) is 0.661. The van der Waals surface area contributed by atoms with Crippen molar-refractivity contribution in [2.24, 2.45) is 10.9 Å². The van der Waals surface area contributed by atoms with Gasteiger partial charge in [-0.3, -0.25) is 9.56 Å². The number of aromatic nitrogens is 3. The van der Waals surface area contributed by atoms with E-state index in [1.165, 1.54) is 0 Å². The summed E-state index contributed by atoms with van der Waals surface area (Å²) in [6.45, 7) is 9.35. The molecule has 26 heavy (non-hydrogen) atoms. The number of nitrogens with zero attached hydrogens (tertiary/aromatic N) is 5. The summed E-state index contributed by atoms with van der Waals surface area (Å²) in [5.74, 6) is 4.64. The highest BCUT2D eigenvalue weighted by Crippen LogP contribution is 2.25. The minimum Gasteiger partial charge on any atom is -0.352 e. The Morgan fingerprint density at radius 2 is 2.23 bits per heavy atom. The van der Waals surface area contributed by atoms with Gasteiger partial charge < -0.3 is 10.2 Å². The van der Waals surface area contributed by atoms with Gasteiger partial charge in [-0.25, -0.2) is 9.97 Å². The van der Waals surface area contributed by atoms with Gasteiger partial charge in [0.05, 0.1) is 0 Å². The number of thioether (sulfide) groups is 1. The first kappa shape index (κ1) is 18.8. The standard InChI is InChI=1S/C19H28N6S/c1-14(2)17-13-24(10-11-26-17)19(20-4)23-12-16-6-5-7-22-18(16)25-9-8-21-15(25)3/h5-9,14,17H,10-13H2,1-4H3,(H,20,23). The van der Waals surface area contributed by atoms with Crippen LogP contribution in [0.3, 0.4) is 0 Å².